The molecule has 0 aliphatic carbocycles. The summed E-state index contributed by atoms with van der Waals surface area (Å²) in [5.41, 5.74) is 2.37. The average Bonchev–Trinajstić information content (AvgIpc) is 2.96. The molecule has 0 bridgehead atoms. The van der Waals surface area contributed by atoms with Crippen LogP contribution in [-0.4, -0.2) is 28.6 Å². The van der Waals surface area contributed by atoms with Crippen LogP contribution in [0.15, 0.2) is 52.1 Å². The molecule has 0 aliphatic rings. The van der Waals surface area contributed by atoms with E-state index in [0.29, 0.717) is 21.9 Å². The number of nitrogens with zero attached hydrogens (tertiary/aromatic N) is 4. The standard InChI is InChI=1S/C17H13ClN4O2/c1-21(2)12-7-8-19-16-13(12)14-15(24-16)17(23)22(9-20-14)11-5-3-10(18)4-6-11/h3-9H,1-2H3. The summed E-state index contributed by atoms with van der Waals surface area (Å²) in [5, 5.41) is 1.34. The fourth-order valence-corrected chi connectivity index (χ4v) is 2.82. The molecule has 0 fully saturated rings. The Hall–Kier alpha value is -2.86. The predicted octanol–water partition coefficient (Wildman–Crippen LogP) is 3.25. The zero-order chi connectivity index (χ0) is 16.8. The van der Waals surface area contributed by atoms with Crippen LogP contribution >= 0.6 is 11.6 Å². The third-order valence-electron chi connectivity index (χ3n) is 3.85. The van der Waals surface area contributed by atoms with Gasteiger partial charge in [0.05, 0.1) is 16.8 Å². The number of fused-ring (bicyclic) bond motifs is 3. The van der Waals surface area contributed by atoms with Gasteiger partial charge in [-0.15, -0.1) is 0 Å². The predicted molar refractivity (Wildman–Crippen MR) is 94.2 cm³/mol. The van der Waals surface area contributed by atoms with Crippen molar-refractivity contribution in [1.29, 1.82) is 0 Å². The summed E-state index contributed by atoms with van der Waals surface area (Å²) in [6.07, 6.45) is 3.15. The zero-order valence-electron chi connectivity index (χ0n) is 13.0. The van der Waals surface area contributed by atoms with E-state index in [9.17, 15) is 4.79 Å². The van der Waals surface area contributed by atoms with Gasteiger partial charge in [0.15, 0.2) is 0 Å². The Kier molecular flexibility index (Phi) is 3.28. The number of rotatable bonds is 2. The molecule has 0 saturated carbocycles. The molecule has 0 unspecified atom stereocenters. The molecule has 0 amide bonds. The molecule has 0 radical (unpaired) electrons. The van der Waals surface area contributed by atoms with E-state index in [1.807, 2.05) is 25.1 Å². The van der Waals surface area contributed by atoms with E-state index < -0.39 is 0 Å². The van der Waals surface area contributed by atoms with Gasteiger partial charge in [0.1, 0.15) is 11.8 Å². The van der Waals surface area contributed by atoms with Crippen molar-refractivity contribution in [2.75, 3.05) is 19.0 Å². The molecule has 0 atom stereocenters. The number of pyridine rings is 1. The maximum absolute atomic E-state index is 12.8. The van der Waals surface area contributed by atoms with E-state index in [2.05, 4.69) is 9.97 Å². The largest absolute Gasteiger partial charge is 0.430 e. The van der Waals surface area contributed by atoms with E-state index in [1.165, 1.54) is 10.9 Å². The van der Waals surface area contributed by atoms with E-state index in [4.69, 9.17) is 16.0 Å². The Balaban J connectivity index is 2.04. The number of halogens is 1. The number of aromatic nitrogens is 3. The quantitative estimate of drug-likeness (QED) is 0.560. The van der Waals surface area contributed by atoms with Gasteiger partial charge >= 0.3 is 5.56 Å². The van der Waals surface area contributed by atoms with E-state index in [1.54, 1.807) is 30.5 Å². The van der Waals surface area contributed by atoms with Crippen LogP contribution in [0.4, 0.5) is 5.69 Å². The smallest absolute Gasteiger partial charge is 0.301 e. The number of benzene rings is 1. The molecule has 24 heavy (non-hydrogen) atoms. The summed E-state index contributed by atoms with van der Waals surface area (Å²) >= 11 is 5.90. The summed E-state index contributed by atoms with van der Waals surface area (Å²) in [6.45, 7) is 0. The van der Waals surface area contributed by atoms with Crippen molar-refractivity contribution in [3.05, 3.63) is 58.2 Å². The lowest BCUT2D eigenvalue weighted by Gasteiger charge is -2.12. The van der Waals surface area contributed by atoms with Gasteiger partial charge < -0.3 is 9.32 Å². The molecule has 4 aromatic rings. The normalized spacial score (nSPS) is 11.3. The van der Waals surface area contributed by atoms with Crippen molar-refractivity contribution in [1.82, 2.24) is 14.5 Å². The lowest BCUT2D eigenvalue weighted by molar-refractivity contribution is 0.643. The fraction of sp³-hybridized carbons (Fsp3) is 0.118. The topological polar surface area (TPSA) is 64.2 Å². The van der Waals surface area contributed by atoms with E-state index in [0.717, 1.165) is 11.1 Å². The lowest BCUT2D eigenvalue weighted by Crippen LogP contribution is -2.18. The molecule has 1 aromatic carbocycles. The van der Waals surface area contributed by atoms with Gasteiger partial charge in [-0.1, -0.05) is 11.6 Å². The molecule has 4 rings (SSSR count). The molecule has 0 spiro atoms. The second-order valence-electron chi connectivity index (χ2n) is 5.58. The molecular weight excluding hydrogens is 328 g/mol. The van der Waals surface area contributed by atoms with Gasteiger partial charge in [0, 0.05) is 25.3 Å². The molecule has 120 valence electrons. The van der Waals surface area contributed by atoms with Gasteiger partial charge in [-0.2, -0.15) is 0 Å². The average molecular weight is 341 g/mol. The van der Waals surface area contributed by atoms with Crippen LogP contribution in [0.5, 0.6) is 0 Å². The van der Waals surface area contributed by atoms with E-state index in [-0.39, 0.29) is 11.1 Å². The monoisotopic (exact) mass is 340 g/mol. The highest BCUT2D eigenvalue weighted by Gasteiger charge is 2.18. The molecule has 3 heterocycles. The number of hydrogen-bond acceptors (Lipinski definition) is 5. The van der Waals surface area contributed by atoms with Crippen LogP contribution in [0.1, 0.15) is 0 Å². The first-order chi connectivity index (χ1) is 11.6. The summed E-state index contributed by atoms with van der Waals surface area (Å²) in [5.74, 6) is 0. The third-order valence-corrected chi connectivity index (χ3v) is 4.10. The summed E-state index contributed by atoms with van der Waals surface area (Å²) < 4.78 is 7.13. The molecule has 7 heteroatoms. The first kappa shape index (κ1) is 14.7. The first-order valence-electron chi connectivity index (χ1n) is 7.28. The summed E-state index contributed by atoms with van der Waals surface area (Å²) in [7, 11) is 3.84. The summed E-state index contributed by atoms with van der Waals surface area (Å²) in [6, 6.07) is 8.81. The number of furan rings is 1. The minimum atomic E-state index is -0.287. The maximum Gasteiger partial charge on any atom is 0.301 e. The molecule has 0 aliphatic heterocycles. The van der Waals surface area contributed by atoms with Crippen LogP contribution in [0.25, 0.3) is 27.9 Å². The Morgan fingerprint density at radius 1 is 1.12 bits per heavy atom. The Bertz CT molecular complexity index is 1110. The first-order valence-corrected chi connectivity index (χ1v) is 7.66. The second-order valence-corrected chi connectivity index (χ2v) is 6.02. The van der Waals surface area contributed by atoms with Crippen molar-refractivity contribution >= 4 is 39.5 Å². The highest BCUT2D eigenvalue weighted by Crippen LogP contribution is 2.31. The van der Waals surface area contributed by atoms with Gasteiger partial charge in [-0.3, -0.25) is 9.36 Å². The number of anilines is 1. The number of hydrogen-bond donors (Lipinski definition) is 0. The highest BCUT2D eigenvalue weighted by molar-refractivity contribution is 6.30. The Morgan fingerprint density at radius 2 is 1.88 bits per heavy atom. The van der Waals surface area contributed by atoms with Crippen LogP contribution in [0, 0.1) is 0 Å². The molecule has 0 saturated heterocycles. The van der Waals surface area contributed by atoms with Crippen LogP contribution in [0.3, 0.4) is 0 Å². The zero-order valence-corrected chi connectivity index (χ0v) is 13.8. The fourth-order valence-electron chi connectivity index (χ4n) is 2.70. The van der Waals surface area contributed by atoms with Gasteiger partial charge in [0.25, 0.3) is 0 Å². The minimum absolute atomic E-state index is 0.184. The minimum Gasteiger partial charge on any atom is -0.430 e. The third kappa shape index (κ3) is 2.15. The Morgan fingerprint density at radius 3 is 2.58 bits per heavy atom. The van der Waals surface area contributed by atoms with Crippen molar-refractivity contribution in [3.8, 4) is 5.69 Å². The van der Waals surface area contributed by atoms with Gasteiger partial charge in [-0.25, -0.2) is 9.97 Å². The van der Waals surface area contributed by atoms with Crippen LogP contribution in [0.2, 0.25) is 5.02 Å². The molecule has 6 nitrogen and oxygen atoms in total. The Labute approximate surface area is 141 Å². The summed E-state index contributed by atoms with van der Waals surface area (Å²) in [4.78, 5) is 23.4. The lowest BCUT2D eigenvalue weighted by atomic mass is 10.2. The van der Waals surface area contributed by atoms with Crippen LogP contribution in [-0.2, 0) is 0 Å². The van der Waals surface area contributed by atoms with E-state index >= 15 is 0 Å². The van der Waals surface area contributed by atoms with Crippen LogP contribution < -0.4 is 10.5 Å². The molecular formula is C17H13ClN4O2. The van der Waals surface area contributed by atoms with Crippen molar-refractivity contribution in [3.63, 3.8) is 0 Å². The van der Waals surface area contributed by atoms with Crippen molar-refractivity contribution in [2.24, 2.45) is 0 Å². The van der Waals surface area contributed by atoms with Crippen molar-refractivity contribution < 1.29 is 4.42 Å². The van der Waals surface area contributed by atoms with Crippen molar-refractivity contribution in [2.45, 2.75) is 0 Å². The SMILES string of the molecule is CN(C)c1ccnc2oc3c(=O)n(-c4ccc(Cl)cc4)cnc3c12. The highest BCUT2D eigenvalue weighted by atomic mass is 35.5. The molecule has 0 N–H and O–H groups in total. The maximum atomic E-state index is 12.8. The van der Waals surface area contributed by atoms with Gasteiger partial charge in [0.2, 0.25) is 11.3 Å². The molecule has 3 aromatic heterocycles. The van der Waals surface area contributed by atoms with Gasteiger partial charge in [-0.05, 0) is 30.3 Å². The second kappa shape index (κ2) is 5.35.